The van der Waals surface area contributed by atoms with Gasteiger partial charge in [0.25, 0.3) is 5.91 Å². The second-order valence-electron chi connectivity index (χ2n) is 5.79. The average molecular weight is 376 g/mol. The number of halogens is 1. The smallest absolute Gasteiger partial charge is 0.266 e. The number of amides is 1. The van der Waals surface area contributed by atoms with Gasteiger partial charge < -0.3 is 14.5 Å². The van der Waals surface area contributed by atoms with Crippen LogP contribution in [0.4, 0.5) is 10.1 Å². The summed E-state index contributed by atoms with van der Waals surface area (Å²) < 4.78 is 24.1. The maximum atomic E-state index is 13.0. The van der Waals surface area contributed by atoms with Crippen LogP contribution in [0.1, 0.15) is 12.7 Å². The van der Waals surface area contributed by atoms with Crippen molar-refractivity contribution in [2.24, 2.45) is 0 Å². The topological polar surface area (TPSA) is 75.3 Å². The number of rotatable bonds is 6. The summed E-state index contributed by atoms with van der Waals surface area (Å²) in [6.45, 7) is 2.38. The maximum absolute atomic E-state index is 13.0. The summed E-state index contributed by atoms with van der Waals surface area (Å²) in [4.78, 5) is 12.4. The van der Waals surface area contributed by atoms with Gasteiger partial charge in [-0.25, -0.2) is 4.39 Å². The number of hydrogen-bond donors (Lipinski definition) is 1. The lowest BCUT2D eigenvalue weighted by molar-refractivity contribution is -0.112. The highest BCUT2D eigenvalue weighted by atomic mass is 19.1. The molecule has 0 aliphatic rings. The second kappa shape index (κ2) is 8.69. The molecule has 3 rings (SSSR count). The zero-order chi connectivity index (χ0) is 19.9. The highest BCUT2D eigenvalue weighted by molar-refractivity contribution is 6.09. The zero-order valence-corrected chi connectivity index (χ0v) is 15.1. The number of nitriles is 1. The Labute approximate surface area is 161 Å². The molecule has 1 amide bonds. The van der Waals surface area contributed by atoms with Gasteiger partial charge in [-0.05, 0) is 55.5 Å². The molecule has 0 aliphatic carbocycles. The lowest BCUT2D eigenvalue weighted by Crippen LogP contribution is -2.13. The van der Waals surface area contributed by atoms with Gasteiger partial charge in [0, 0.05) is 23.4 Å². The van der Waals surface area contributed by atoms with Crippen LogP contribution in [0, 0.1) is 17.1 Å². The fourth-order valence-corrected chi connectivity index (χ4v) is 2.52. The minimum atomic E-state index is -0.559. The Morgan fingerprint density at radius 1 is 1.21 bits per heavy atom. The van der Waals surface area contributed by atoms with Gasteiger partial charge in [0.05, 0.1) is 6.61 Å². The fraction of sp³-hybridized carbons (Fsp3) is 0.0909. The fourth-order valence-electron chi connectivity index (χ4n) is 2.52. The first-order chi connectivity index (χ1) is 13.6. The Morgan fingerprint density at radius 2 is 2.00 bits per heavy atom. The van der Waals surface area contributed by atoms with Gasteiger partial charge in [0.2, 0.25) is 0 Å². The molecule has 3 aromatic rings. The van der Waals surface area contributed by atoms with Gasteiger partial charge in [-0.1, -0.05) is 6.07 Å². The number of anilines is 1. The third-order valence-electron chi connectivity index (χ3n) is 3.81. The van der Waals surface area contributed by atoms with Crippen LogP contribution in [0.5, 0.6) is 5.75 Å². The summed E-state index contributed by atoms with van der Waals surface area (Å²) in [6, 6.07) is 17.9. The van der Waals surface area contributed by atoms with E-state index in [0.29, 0.717) is 35.1 Å². The molecule has 1 N–H and O–H groups in total. The molecule has 6 heteroatoms. The molecule has 1 aromatic heterocycles. The van der Waals surface area contributed by atoms with Crippen LogP contribution in [0.25, 0.3) is 17.4 Å². The number of nitrogens with zero attached hydrogens (tertiary/aromatic N) is 1. The van der Waals surface area contributed by atoms with Gasteiger partial charge >= 0.3 is 0 Å². The largest absolute Gasteiger partial charge is 0.494 e. The lowest BCUT2D eigenvalue weighted by atomic mass is 10.2. The molecule has 0 radical (unpaired) electrons. The summed E-state index contributed by atoms with van der Waals surface area (Å²) in [6.07, 6.45) is 1.36. The van der Waals surface area contributed by atoms with Crippen molar-refractivity contribution in [1.29, 1.82) is 5.26 Å². The molecular formula is C22H17FN2O3. The lowest BCUT2D eigenvalue weighted by Gasteiger charge is -2.07. The van der Waals surface area contributed by atoms with Crippen molar-refractivity contribution in [3.05, 3.63) is 77.8 Å². The Morgan fingerprint density at radius 3 is 2.71 bits per heavy atom. The molecule has 0 saturated carbocycles. The molecule has 0 aliphatic heterocycles. The molecule has 5 nitrogen and oxygen atoms in total. The predicted octanol–water partition coefficient (Wildman–Crippen LogP) is 5.03. The molecular weight excluding hydrogens is 359 g/mol. The monoisotopic (exact) mass is 376 g/mol. The number of nitrogens with one attached hydrogen (secondary N) is 1. The highest BCUT2D eigenvalue weighted by Gasteiger charge is 2.12. The van der Waals surface area contributed by atoms with E-state index in [4.69, 9.17) is 9.15 Å². The summed E-state index contributed by atoms with van der Waals surface area (Å²) in [5.41, 5.74) is 1.10. The average Bonchev–Trinajstić information content (AvgIpc) is 3.16. The minimum absolute atomic E-state index is 0.109. The van der Waals surface area contributed by atoms with Crippen LogP contribution in [0.2, 0.25) is 0 Å². The first-order valence-electron chi connectivity index (χ1n) is 8.61. The molecule has 1 heterocycles. The van der Waals surface area contributed by atoms with Crippen molar-refractivity contribution in [3.63, 3.8) is 0 Å². The molecule has 0 fully saturated rings. The summed E-state index contributed by atoms with van der Waals surface area (Å²) in [5.74, 6) is 0.573. The molecule has 0 atom stereocenters. The van der Waals surface area contributed by atoms with Crippen LogP contribution in [0.15, 0.2) is 70.7 Å². The second-order valence-corrected chi connectivity index (χ2v) is 5.79. The van der Waals surface area contributed by atoms with E-state index in [2.05, 4.69) is 5.32 Å². The van der Waals surface area contributed by atoms with E-state index in [1.54, 1.807) is 48.5 Å². The van der Waals surface area contributed by atoms with Gasteiger partial charge in [0.15, 0.2) is 0 Å². The first-order valence-corrected chi connectivity index (χ1v) is 8.61. The van der Waals surface area contributed by atoms with E-state index < -0.39 is 5.91 Å². The predicted molar refractivity (Wildman–Crippen MR) is 104 cm³/mol. The Hall–Kier alpha value is -3.85. The Balaban J connectivity index is 1.76. The SMILES string of the molecule is CCOc1cccc(NC(=O)C(C#N)=Cc2ccc(-c3ccc(F)cc3)o2)c1. The molecule has 0 spiro atoms. The van der Waals surface area contributed by atoms with E-state index in [1.165, 1.54) is 18.2 Å². The summed E-state index contributed by atoms with van der Waals surface area (Å²) in [7, 11) is 0. The first kappa shape index (κ1) is 18.9. The Kier molecular flexibility index (Phi) is 5.87. The molecule has 0 unspecified atom stereocenters. The third kappa shape index (κ3) is 4.65. The van der Waals surface area contributed by atoms with E-state index in [1.807, 2.05) is 13.0 Å². The van der Waals surface area contributed by atoms with Crippen LogP contribution >= 0.6 is 0 Å². The van der Waals surface area contributed by atoms with Gasteiger partial charge in [0.1, 0.15) is 34.7 Å². The number of carbonyl (C=O) groups is 1. The van der Waals surface area contributed by atoms with Crippen LogP contribution in [-0.4, -0.2) is 12.5 Å². The molecule has 140 valence electrons. The number of ether oxygens (including phenoxy) is 1. The molecule has 0 bridgehead atoms. The van der Waals surface area contributed by atoms with Gasteiger partial charge in [-0.15, -0.1) is 0 Å². The van der Waals surface area contributed by atoms with E-state index in [9.17, 15) is 14.4 Å². The number of benzene rings is 2. The molecule has 2 aromatic carbocycles. The van der Waals surface area contributed by atoms with Crippen LogP contribution < -0.4 is 10.1 Å². The van der Waals surface area contributed by atoms with Crippen molar-refractivity contribution >= 4 is 17.7 Å². The minimum Gasteiger partial charge on any atom is -0.494 e. The Bertz CT molecular complexity index is 1050. The highest BCUT2D eigenvalue weighted by Crippen LogP contribution is 2.24. The van der Waals surface area contributed by atoms with Gasteiger partial charge in [-0.2, -0.15) is 5.26 Å². The quantitative estimate of drug-likeness (QED) is 0.484. The number of furan rings is 1. The van der Waals surface area contributed by atoms with Crippen molar-refractivity contribution in [1.82, 2.24) is 0 Å². The number of hydrogen-bond acceptors (Lipinski definition) is 4. The van der Waals surface area contributed by atoms with Crippen LogP contribution in [-0.2, 0) is 4.79 Å². The van der Waals surface area contributed by atoms with Crippen molar-refractivity contribution in [2.45, 2.75) is 6.92 Å². The third-order valence-corrected chi connectivity index (χ3v) is 3.81. The van der Waals surface area contributed by atoms with Crippen molar-refractivity contribution in [3.8, 4) is 23.1 Å². The van der Waals surface area contributed by atoms with E-state index in [0.717, 1.165) is 0 Å². The standard InChI is InChI=1S/C22H17FN2O3/c1-2-27-19-5-3-4-18(13-19)25-22(26)16(14-24)12-20-10-11-21(28-20)15-6-8-17(23)9-7-15/h3-13H,2H2,1H3,(H,25,26). The summed E-state index contributed by atoms with van der Waals surface area (Å²) in [5, 5.41) is 12.0. The number of carbonyl (C=O) groups excluding carboxylic acids is 1. The van der Waals surface area contributed by atoms with Crippen molar-refractivity contribution < 1.29 is 18.3 Å². The maximum Gasteiger partial charge on any atom is 0.266 e. The van der Waals surface area contributed by atoms with Crippen LogP contribution in [0.3, 0.4) is 0 Å². The van der Waals surface area contributed by atoms with Crippen molar-refractivity contribution in [2.75, 3.05) is 11.9 Å². The molecule has 28 heavy (non-hydrogen) atoms. The zero-order valence-electron chi connectivity index (χ0n) is 15.1. The molecule has 0 saturated heterocycles. The van der Waals surface area contributed by atoms with E-state index >= 15 is 0 Å². The normalized spacial score (nSPS) is 11.0. The summed E-state index contributed by atoms with van der Waals surface area (Å²) >= 11 is 0. The van der Waals surface area contributed by atoms with E-state index in [-0.39, 0.29) is 11.4 Å². The van der Waals surface area contributed by atoms with Gasteiger partial charge in [-0.3, -0.25) is 4.79 Å².